The molecule has 0 aliphatic rings. The van der Waals surface area contributed by atoms with Gasteiger partial charge in [-0.25, -0.2) is 8.78 Å². The topological polar surface area (TPSA) is 38.0 Å². The lowest BCUT2D eigenvalue weighted by molar-refractivity contribution is 0.622. The molecule has 2 rings (SSSR count). The summed E-state index contributed by atoms with van der Waals surface area (Å²) < 4.78 is 26.6. The predicted molar refractivity (Wildman–Crippen MR) is 73.2 cm³/mol. The van der Waals surface area contributed by atoms with E-state index in [-0.39, 0.29) is 10.2 Å². The number of anilines is 3. The van der Waals surface area contributed by atoms with E-state index in [2.05, 4.69) is 21.2 Å². The summed E-state index contributed by atoms with van der Waals surface area (Å²) in [6, 6.07) is 6.54. The molecule has 0 aliphatic carbocycles. The van der Waals surface area contributed by atoms with E-state index in [1.54, 1.807) is 0 Å². The molecule has 2 aromatic carbocycles. The number of rotatable bonds is 2. The van der Waals surface area contributed by atoms with E-state index < -0.39 is 11.6 Å². The van der Waals surface area contributed by atoms with Gasteiger partial charge in [0.25, 0.3) is 0 Å². The van der Waals surface area contributed by atoms with Gasteiger partial charge in [0.15, 0.2) is 0 Å². The first kappa shape index (κ1) is 13.1. The zero-order chi connectivity index (χ0) is 13.3. The van der Waals surface area contributed by atoms with Crippen molar-refractivity contribution in [3.8, 4) is 0 Å². The van der Waals surface area contributed by atoms with Gasteiger partial charge in [-0.1, -0.05) is 11.6 Å². The van der Waals surface area contributed by atoms with Crippen molar-refractivity contribution in [2.45, 2.75) is 0 Å². The van der Waals surface area contributed by atoms with Crippen LogP contribution in [0.4, 0.5) is 25.8 Å². The van der Waals surface area contributed by atoms with Gasteiger partial charge >= 0.3 is 0 Å². The van der Waals surface area contributed by atoms with Crippen molar-refractivity contribution < 1.29 is 8.78 Å². The first-order valence-corrected chi connectivity index (χ1v) is 6.11. The average Bonchev–Trinajstić information content (AvgIpc) is 2.30. The summed E-state index contributed by atoms with van der Waals surface area (Å²) in [5.74, 6) is -0.898. The van der Waals surface area contributed by atoms with E-state index in [0.717, 1.165) is 0 Å². The van der Waals surface area contributed by atoms with Crippen molar-refractivity contribution in [1.82, 2.24) is 0 Å². The van der Waals surface area contributed by atoms with Crippen molar-refractivity contribution in [2.24, 2.45) is 0 Å². The summed E-state index contributed by atoms with van der Waals surface area (Å²) in [6.45, 7) is 0. The molecule has 0 heterocycles. The molecule has 2 aromatic rings. The Morgan fingerprint density at radius 1 is 1.11 bits per heavy atom. The fraction of sp³-hybridized carbons (Fsp3) is 0. The molecule has 6 heteroatoms. The maximum absolute atomic E-state index is 13.2. The van der Waals surface area contributed by atoms with Crippen LogP contribution in [0.3, 0.4) is 0 Å². The van der Waals surface area contributed by atoms with E-state index in [1.165, 1.54) is 30.3 Å². The van der Waals surface area contributed by atoms with Gasteiger partial charge < -0.3 is 11.1 Å². The molecule has 0 aliphatic heterocycles. The number of nitrogens with two attached hydrogens (primary N) is 1. The Bertz CT molecular complexity index is 605. The predicted octanol–water partition coefficient (Wildman–Crippen LogP) is 4.71. The van der Waals surface area contributed by atoms with Gasteiger partial charge in [-0.3, -0.25) is 0 Å². The molecule has 0 bridgehead atoms. The van der Waals surface area contributed by atoms with Crippen LogP contribution in [0.25, 0.3) is 0 Å². The Labute approximate surface area is 116 Å². The zero-order valence-corrected chi connectivity index (χ0v) is 11.3. The van der Waals surface area contributed by atoms with Crippen molar-refractivity contribution in [1.29, 1.82) is 0 Å². The molecule has 0 radical (unpaired) electrons. The monoisotopic (exact) mass is 332 g/mol. The number of nitrogens with one attached hydrogen (secondary N) is 1. The molecule has 0 atom stereocenters. The molecule has 0 fully saturated rings. The number of hydrogen-bond donors (Lipinski definition) is 2. The zero-order valence-electron chi connectivity index (χ0n) is 8.98. The first-order valence-electron chi connectivity index (χ1n) is 4.94. The molecule has 0 amide bonds. The average molecular weight is 334 g/mol. The summed E-state index contributed by atoms with van der Waals surface area (Å²) in [5.41, 5.74) is 6.67. The lowest BCUT2D eigenvalue weighted by Crippen LogP contribution is -1.98. The van der Waals surface area contributed by atoms with Crippen LogP contribution in [0.15, 0.2) is 34.8 Å². The van der Waals surface area contributed by atoms with Gasteiger partial charge in [0.05, 0.1) is 26.6 Å². The molecule has 2 nitrogen and oxygen atoms in total. The van der Waals surface area contributed by atoms with E-state index >= 15 is 0 Å². The summed E-state index contributed by atoms with van der Waals surface area (Å²) >= 11 is 8.96. The highest BCUT2D eigenvalue weighted by molar-refractivity contribution is 9.10. The number of nitrogen functional groups attached to an aromatic ring is 1. The van der Waals surface area contributed by atoms with Gasteiger partial charge in [0.2, 0.25) is 0 Å². The van der Waals surface area contributed by atoms with Crippen LogP contribution in [-0.2, 0) is 0 Å². The van der Waals surface area contributed by atoms with E-state index in [0.29, 0.717) is 16.4 Å². The van der Waals surface area contributed by atoms with Crippen LogP contribution in [0.1, 0.15) is 0 Å². The van der Waals surface area contributed by atoms with Gasteiger partial charge in [-0.05, 0) is 40.2 Å². The highest BCUT2D eigenvalue weighted by Crippen LogP contribution is 2.32. The summed E-state index contributed by atoms with van der Waals surface area (Å²) in [4.78, 5) is 0. The fourth-order valence-electron chi connectivity index (χ4n) is 1.41. The van der Waals surface area contributed by atoms with Crippen LogP contribution in [-0.4, -0.2) is 0 Å². The third kappa shape index (κ3) is 2.73. The molecule has 0 unspecified atom stereocenters. The SMILES string of the molecule is Nc1cc(F)c(Br)cc1Nc1cc(F)ccc1Cl. The third-order valence-corrected chi connectivity index (χ3v) is 3.23. The third-order valence-electron chi connectivity index (χ3n) is 2.29. The maximum Gasteiger partial charge on any atom is 0.139 e. The quantitative estimate of drug-likeness (QED) is 0.781. The minimum Gasteiger partial charge on any atom is -0.397 e. The minimum atomic E-state index is -0.469. The molecule has 0 spiro atoms. The van der Waals surface area contributed by atoms with Crippen LogP contribution >= 0.6 is 27.5 Å². The van der Waals surface area contributed by atoms with Gasteiger partial charge in [-0.15, -0.1) is 0 Å². The van der Waals surface area contributed by atoms with Crippen molar-refractivity contribution in [3.05, 3.63) is 51.5 Å². The lowest BCUT2D eigenvalue weighted by atomic mass is 10.2. The van der Waals surface area contributed by atoms with E-state index in [9.17, 15) is 8.78 Å². The highest BCUT2D eigenvalue weighted by atomic mass is 79.9. The van der Waals surface area contributed by atoms with Crippen molar-refractivity contribution in [2.75, 3.05) is 11.1 Å². The van der Waals surface area contributed by atoms with Crippen LogP contribution in [0, 0.1) is 11.6 Å². The second kappa shape index (κ2) is 5.12. The van der Waals surface area contributed by atoms with Crippen molar-refractivity contribution in [3.63, 3.8) is 0 Å². The van der Waals surface area contributed by atoms with Gasteiger partial charge in [-0.2, -0.15) is 0 Å². The fourth-order valence-corrected chi connectivity index (χ4v) is 1.92. The number of hydrogen-bond acceptors (Lipinski definition) is 2. The maximum atomic E-state index is 13.2. The smallest absolute Gasteiger partial charge is 0.139 e. The molecule has 0 aromatic heterocycles. The Hall–Kier alpha value is -1.33. The Kier molecular flexibility index (Phi) is 3.73. The van der Waals surface area contributed by atoms with Gasteiger partial charge in [0, 0.05) is 6.07 Å². The van der Waals surface area contributed by atoms with Crippen LogP contribution in [0.2, 0.25) is 5.02 Å². The largest absolute Gasteiger partial charge is 0.397 e. The molecular weight excluding hydrogens is 325 g/mol. The Morgan fingerprint density at radius 2 is 1.83 bits per heavy atom. The second-order valence-electron chi connectivity index (χ2n) is 3.60. The van der Waals surface area contributed by atoms with Gasteiger partial charge in [0.1, 0.15) is 11.6 Å². The molecule has 0 saturated heterocycles. The van der Waals surface area contributed by atoms with E-state index in [1.807, 2.05) is 0 Å². The summed E-state index contributed by atoms with van der Waals surface area (Å²) in [6.07, 6.45) is 0. The standard InChI is InChI=1S/C12H8BrClF2N2/c13-7-4-12(10(17)5-9(7)16)18-11-3-6(15)1-2-8(11)14/h1-5,18H,17H2. The van der Waals surface area contributed by atoms with Crippen molar-refractivity contribution >= 4 is 44.6 Å². The van der Waals surface area contributed by atoms with E-state index in [4.69, 9.17) is 17.3 Å². The van der Waals surface area contributed by atoms with Crippen LogP contribution in [0.5, 0.6) is 0 Å². The summed E-state index contributed by atoms with van der Waals surface area (Å²) in [5, 5.41) is 3.20. The lowest BCUT2D eigenvalue weighted by Gasteiger charge is -2.11. The molecular formula is C12H8BrClF2N2. The highest BCUT2D eigenvalue weighted by Gasteiger charge is 2.08. The molecule has 3 N–H and O–H groups in total. The molecule has 18 heavy (non-hydrogen) atoms. The molecule has 94 valence electrons. The summed E-state index contributed by atoms with van der Waals surface area (Å²) in [7, 11) is 0. The normalized spacial score (nSPS) is 10.4. The number of benzene rings is 2. The Morgan fingerprint density at radius 3 is 2.56 bits per heavy atom. The second-order valence-corrected chi connectivity index (χ2v) is 4.86. The Balaban J connectivity index is 2.40. The van der Waals surface area contributed by atoms with Crippen LogP contribution < -0.4 is 11.1 Å². The number of halogens is 4. The minimum absolute atomic E-state index is 0.205. The molecule has 0 saturated carbocycles. The first-order chi connectivity index (χ1) is 8.47.